The van der Waals surface area contributed by atoms with E-state index in [9.17, 15) is 28.8 Å². The van der Waals surface area contributed by atoms with Gasteiger partial charge in [-0.15, -0.1) is 0 Å². The molecule has 11 heteroatoms. The zero-order chi connectivity index (χ0) is 27.6. The quantitative estimate of drug-likeness (QED) is 0.359. The summed E-state index contributed by atoms with van der Waals surface area (Å²) in [5.74, 6) is -2.63. The number of hydrogen-bond acceptors (Lipinski definition) is 7. The SMILES string of the molecule is CN1C(=O)N(C)C(=O)C2(Cc3cc(C=C4C(=O)NC(=O)N(c5ccccc5)C4=O)ccc3N3CCCC32)C1=O. The first-order chi connectivity index (χ1) is 18.6. The van der Waals surface area contributed by atoms with Gasteiger partial charge in [-0.05, 0) is 60.7 Å². The Morgan fingerprint density at radius 2 is 1.62 bits per heavy atom. The number of carbonyl (C=O) groups excluding carboxylic acids is 6. The molecule has 0 saturated carbocycles. The van der Waals surface area contributed by atoms with Crippen LogP contribution in [0.5, 0.6) is 0 Å². The topological polar surface area (TPSA) is 127 Å². The average Bonchev–Trinajstić information content (AvgIpc) is 3.43. The second-order valence-electron chi connectivity index (χ2n) is 10.2. The third kappa shape index (κ3) is 3.42. The van der Waals surface area contributed by atoms with Crippen molar-refractivity contribution >= 4 is 53.1 Å². The van der Waals surface area contributed by atoms with E-state index in [1.807, 2.05) is 6.07 Å². The molecule has 11 nitrogen and oxygen atoms in total. The number of fused-ring (bicyclic) bond motifs is 4. The van der Waals surface area contributed by atoms with Gasteiger partial charge >= 0.3 is 12.1 Å². The van der Waals surface area contributed by atoms with Crippen molar-refractivity contribution in [2.45, 2.75) is 25.3 Å². The van der Waals surface area contributed by atoms with Gasteiger partial charge in [-0.2, -0.15) is 0 Å². The number of imide groups is 4. The summed E-state index contributed by atoms with van der Waals surface area (Å²) in [6, 6.07) is 11.8. The van der Waals surface area contributed by atoms with Crippen LogP contribution < -0.4 is 15.1 Å². The monoisotopic (exact) mass is 527 g/mol. The van der Waals surface area contributed by atoms with Crippen LogP contribution in [0.15, 0.2) is 54.1 Å². The van der Waals surface area contributed by atoms with Gasteiger partial charge in [-0.1, -0.05) is 24.3 Å². The fourth-order valence-electron chi connectivity index (χ4n) is 6.26. The van der Waals surface area contributed by atoms with Crippen LogP contribution in [-0.4, -0.2) is 72.2 Å². The van der Waals surface area contributed by atoms with Crippen molar-refractivity contribution in [2.24, 2.45) is 5.41 Å². The average molecular weight is 528 g/mol. The summed E-state index contributed by atoms with van der Waals surface area (Å²) in [4.78, 5) is 83.0. The summed E-state index contributed by atoms with van der Waals surface area (Å²) < 4.78 is 0. The number of para-hydroxylation sites is 1. The van der Waals surface area contributed by atoms with Gasteiger partial charge in [0, 0.05) is 26.3 Å². The predicted molar refractivity (Wildman–Crippen MR) is 139 cm³/mol. The van der Waals surface area contributed by atoms with Crippen molar-refractivity contribution in [3.63, 3.8) is 0 Å². The molecule has 2 aromatic carbocycles. The first-order valence-corrected chi connectivity index (χ1v) is 12.6. The maximum Gasteiger partial charge on any atom is 0.335 e. The Labute approximate surface area is 223 Å². The van der Waals surface area contributed by atoms with Gasteiger partial charge < -0.3 is 4.90 Å². The Hall–Kier alpha value is -4.80. The molecule has 3 fully saturated rings. The number of hydrogen-bond donors (Lipinski definition) is 1. The molecule has 8 amide bonds. The molecule has 0 bridgehead atoms. The minimum atomic E-state index is -1.46. The molecule has 1 N–H and O–H groups in total. The lowest BCUT2D eigenvalue weighted by atomic mass is 9.68. The van der Waals surface area contributed by atoms with E-state index >= 15 is 0 Å². The van der Waals surface area contributed by atoms with Crippen LogP contribution in [0.3, 0.4) is 0 Å². The smallest absolute Gasteiger partial charge is 0.335 e. The first kappa shape index (κ1) is 24.5. The van der Waals surface area contributed by atoms with Gasteiger partial charge in [-0.3, -0.25) is 34.3 Å². The molecule has 1 atom stereocenters. The van der Waals surface area contributed by atoms with Crippen LogP contribution in [0, 0.1) is 5.41 Å². The molecule has 2 aromatic rings. The number of carbonyl (C=O) groups is 6. The molecule has 4 heterocycles. The van der Waals surface area contributed by atoms with Crippen LogP contribution in [-0.2, 0) is 25.6 Å². The number of urea groups is 2. The number of nitrogens with one attached hydrogen (secondary N) is 1. The Bertz CT molecular complexity index is 1490. The van der Waals surface area contributed by atoms with Crippen molar-refractivity contribution in [3.05, 3.63) is 65.2 Å². The van der Waals surface area contributed by atoms with Gasteiger partial charge in [0.15, 0.2) is 5.41 Å². The molecule has 1 spiro atoms. The molecule has 198 valence electrons. The fraction of sp³-hybridized carbons (Fsp3) is 0.286. The zero-order valence-corrected chi connectivity index (χ0v) is 21.3. The lowest BCUT2D eigenvalue weighted by molar-refractivity contribution is -0.159. The van der Waals surface area contributed by atoms with Crippen LogP contribution in [0.2, 0.25) is 0 Å². The molecule has 3 saturated heterocycles. The highest BCUT2D eigenvalue weighted by Crippen LogP contribution is 2.49. The second kappa shape index (κ2) is 8.62. The molecule has 0 aromatic heterocycles. The van der Waals surface area contributed by atoms with Crippen LogP contribution >= 0.6 is 0 Å². The molecule has 39 heavy (non-hydrogen) atoms. The molecule has 1 unspecified atom stereocenters. The highest BCUT2D eigenvalue weighted by molar-refractivity contribution is 6.39. The van der Waals surface area contributed by atoms with Gasteiger partial charge in [0.05, 0.1) is 11.7 Å². The van der Waals surface area contributed by atoms with E-state index in [4.69, 9.17) is 0 Å². The second-order valence-corrected chi connectivity index (χ2v) is 10.2. The standard InChI is InChI=1S/C28H25N5O6/c1-30-24(36)28(25(37)31(2)27(30)39)15-17-13-16(10-11-20(17)32-12-6-9-21(28)32)14-19-22(34)29-26(38)33(23(19)35)18-7-4-3-5-8-18/h3-5,7-8,10-11,13-14,21H,6,9,12,15H2,1-2H3,(H,29,34,38). The normalized spacial score (nSPS) is 23.5. The van der Waals surface area contributed by atoms with E-state index in [0.717, 1.165) is 26.8 Å². The minimum Gasteiger partial charge on any atom is -0.367 e. The first-order valence-electron chi connectivity index (χ1n) is 12.6. The Kier molecular flexibility index (Phi) is 5.42. The molecule has 0 aliphatic carbocycles. The number of nitrogens with zero attached hydrogens (tertiary/aromatic N) is 4. The van der Waals surface area contributed by atoms with Crippen LogP contribution in [0.25, 0.3) is 6.08 Å². The number of rotatable bonds is 2. The van der Waals surface area contributed by atoms with E-state index in [1.165, 1.54) is 20.2 Å². The highest BCUT2D eigenvalue weighted by Gasteiger charge is 2.63. The van der Waals surface area contributed by atoms with Gasteiger partial charge in [0.1, 0.15) is 5.57 Å². The van der Waals surface area contributed by atoms with Gasteiger partial charge in [0.25, 0.3) is 11.8 Å². The summed E-state index contributed by atoms with van der Waals surface area (Å²) in [6.07, 6.45) is 2.90. The summed E-state index contributed by atoms with van der Waals surface area (Å²) in [6.45, 7) is 0.650. The minimum absolute atomic E-state index is 0.0783. The molecule has 4 aliphatic heterocycles. The van der Waals surface area contributed by atoms with Crippen molar-refractivity contribution in [2.75, 3.05) is 30.4 Å². The molecular formula is C28H25N5O6. The third-order valence-corrected chi connectivity index (χ3v) is 8.08. The maximum atomic E-state index is 13.6. The number of amides is 8. The van der Waals surface area contributed by atoms with E-state index in [1.54, 1.807) is 42.5 Å². The Morgan fingerprint density at radius 3 is 2.31 bits per heavy atom. The predicted octanol–water partition coefficient (Wildman–Crippen LogP) is 1.91. The van der Waals surface area contributed by atoms with E-state index in [-0.39, 0.29) is 18.0 Å². The van der Waals surface area contributed by atoms with Crippen molar-refractivity contribution in [1.82, 2.24) is 15.1 Å². The van der Waals surface area contributed by atoms with Crippen molar-refractivity contribution in [1.29, 1.82) is 0 Å². The number of benzene rings is 2. The van der Waals surface area contributed by atoms with Crippen molar-refractivity contribution in [3.8, 4) is 0 Å². The zero-order valence-electron chi connectivity index (χ0n) is 21.3. The molecule has 6 rings (SSSR count). The largest absolute Gasteiger partial charge is 0.367 e. The number of anilines is 2. The highest BCUT2D eigenvalue weighted by atomic mass is 16.2. The van der Waals surface area contributed by atoms with E-state index in [0.29, 0.717) is 29.8 Å². The lowest BCUT2D eigenvalue weighted by Crippen LogP contribution is -2.70. The summed E-state index contributed by atoms with van der Waals surface area (Å²) in [5, 5.41) is 2.21. The molecule has 4 aliphatic rings. The lowest BCUT2D eigenvalue weighted by Gasteiger charge is -2.50. The Balaban J connectivity index is 1.41. The number of barbiturate groups is 2. The van der Waals surface area contributed by atoms with Crippen LogP contribution in [0.4, 0.5) is 21.0 Å². The fourth-order valence-corrected chi connectivity index (χ4v) is 6.26. The Morgan fingerprint density at radius 1 is 0.923 bits per heavy atom. The maximum absolute atomic E-state index is 13.6. The third-order valence-electron chi connectivity index (χ3n) is 8.08. The van der Waals surface area contributed by atoms with Crippen LogP contribution in [0.1, 0.15) is 24.0 Å². The molecule has 0 radical (unpaired) electrons. The summed E-state index contributed by atoms with van der Waals surface area (Å²) in [7, 11) is 2.77. The van der Waals surface area contributed by atoms with Gasteiger partial charge in [-0.25, -0.2) is 14.5 Å². The molecular weight excluding hydrogens is 502 g/mol. The van der Waals surface area contributed by atoms with E-state index in [2.05, 4.69) is 10.2 Å². The van der Waals surface area contributed by atoms with Crippen molar-refractivity contribution < 1.29 is 28.8 Å². The van der Waals surface area contributed by atoms with E-state index < -0.39 is 41.1 Å². The summed E-state index contributed by atoms with van der Waals surface area (Å²) in [5.41, 5.74) is 0.701. The summed E-state index contributed by atoms with van der Waals surface area (Å²) >= 11 is 0. The van der Waals surface area contributed by atoms with Gasteiger partial charge in [0.2, 0.25) is 11.8 Å².